The number of nitrogens with one attached hydrogen (secondary N) is 1. The fourth-order valence-electron chi connectivity index (χ4n) is 1.84. The predicted octanol–water partition coefficient (Wildman–Crippen LogP) is 3.96. The summed E-state index contributed by atoms with van der Waals surface area (Å²) in [6.45, 7) is 2.92. The number of hydrogen-bond acceptors (Lipinski definition) is 3. The van der Waals surface area contributed by atoms with Gasteiger partial charge in [-0.25, -0.2) is 0 Å². The number of benzene rings is 1. The molecule has 1 heterocycles. The molecular weight excluding hydrogens is 304 g/mol. The molecule has 0 spiro atoms. The van der Waals surface area contributed by atoms with Gasteiger partial charge in [0.2, 0.25) is 0 Å². The van der Waals surface area contributed by atoms with E-state index >= 15 is 0 Å². The van der Waals surface area contributed by atoms with Crippen LogP contribution in [0.5, 0.6) is 0 Å². The lowest BCUT2D eigenvalue weighted by Crippen LogP contribution is -2.17. The van der Waals surface area contributed by atoms with E-state index < -0.39 is 0 Å². The monoisotopic (exact) mass is 322 g/mol. The van der Waals surface area contributed by atoms with E-state index in [0.717, 1.165) is 17.0 Å². The molecule has 0 fully saturated rings. The molecule has 0 radical (unpaired) electrons. The van der Waals surface area contributed by atoms with Gasteiger partial charge in [0.1, 0.15) is 5.76 Å². The third kappa shape index (κ3) is 3.85. The van der Waals surface area contributed by atoms with Gasteiger partial charge in [-0.1, -0.05) is 12.1 Å². The topological polar surface area (TPSA) is 28.4 Å². The van der Waals surface area contributed by atoms with Crippen LogP contribution in [0.25, 0.3) is 0 Å². The van der Waals surface area contributed by atoms with Gasteiger partial charge in [0.05, 0.1) is 6.04 Å². The van der Waals surface area contributed by atoms with Crippen LogP contribution in [0, 0.1) is 0 Å². The van der Waals surface area contributed by atoms with Crippen LogP contribution in [-0.2, 0) is 6.54 Å². The fraction of sp³-hybridized carbons (Fsp3) is 0.333. The number of nitrogens with zero attached hydrogens (tertiary/aromatic N) is 1. The van der Waals surface area contributed by atoms with Crippen LogP contribution in [-0.4, -0.2) is 14.1 Å². The van der Waals surface area contributed by atoms with Gasteiger partial charge >= 0.3 is 0 Å². The van der Waals surface area contributed by atoms with E-state index in [0.29, 0.717) is 0 Å². The highest BCUT2D eigenvalue weighted by Gasteiger charge is 2.09. The average molecular weight is 323 g/mol. The molecule has 0 aliphatic carbocycles. The fourth-order valence-corrected chi connectivity index (χ4v) is 2.16. The molecule has 0 aliphatic rings. The maximum atomic E-state index is 5.53. The van der Waals surface area contributed by atoms with Crippen molar-refractivity contribution in [2.75, 3.05) is 19.0 Å². The maximum absolute atomic E-state index is 5.53. The van der Waals surface area contributed by atoms with E-state index in [1.54, 1.807) is 0 Å². The zero-order valence-corrected chi connectivity index (χ0v) is 13.1. The first kappa shape index (κ1) is 14.2. The van der Waals surface area contributed by atoms with Gasteiger partial charge in [0.15, 0.2) is 4.67 Å². The second kappa shape index (κ2) is 6.26. The van der Waals surface area contributed by atoms with Gasteiger partial charge in [-0.05, 0) is 52.7 Å². The van der Waals surface area contributed by atoms with Crippen molar-refractivity contribution in [3.8, 4) is 0 Å². The van der Waals surface area contributed by atoms with Crippen LogP contribution in [0.4, 0.5) is 5.69 Å². The Bertz CT molecular complexity index is 519. The largest absolute Gasteiger partial charge is 0.453 e. The van der Waals surface area contributed by atoms with Gasteiger partial charge < -0.3 is 14.6 Å². The van der Waals surface area contributed by atoms with Crippen LogP contribution in [0.15, 0.2) is 45.5 Å². The summed E-state index contributed by atoms with van der Waals surface area (Å²) >= 11 is 3.32. The zero-order valence-electron chi connectivity index (χ0n) is 11.5. The van der Waals surface area contributed by atoms with Crippen molar-refractivity contribution in [2.45, 2.75) is 19.5 Å². The van der Waals surface area contributed by atoms with Gasteiger partial charge in [0.25, 0.3) is 0 Å². The van der Waals surface area contributed by atoms with Crippen LogP contribution in [0.3, 0.4) is 0 Å². The Morgan fingerprint density at radius 2 is 1.84 bits per heavy atom. The molecule has 1 atom stereocenters. The molecule has 4 heteroatoms. The van der Waals surface area contributed by atoms with Crippen molar-refractivity contribution in [3.05, 3.63) is 52.4 Å². The summed E-state index contributed by atoms with van der Waals surface area (Å²) in [4.78, 5) is 2.10. The van der Waals surface area contributed by atoms with E-state index in [9.17, 15) is 0 Å². The molecule has 1 aromatic heterocycles. The van der Waals surface area contributed by atoms with Crippen molar-refractivity contribution in [2.24, 2.45) is 0 Å². The van der Waals surface area contributed by atoms with E-state index in [1.165, 1.54) is 11.3 Å². The lowest BCUT2D eigenvalue weighted by atomic mass is 10.2. The Morgan fingerprint density at radius 3 is 2.37 bits per heavy atom. The Hall–Kier alpha value is -1.26. The summed E-state index contributed by atoms with van der Waals surface area (Å²) in [6, 6.07) is 12.6. The molecule has 0 saturated heterocycles. The molecule has 2 aromatic rings. The minimum atomic E-state index is 0.194. The van der Waals surface area contributed by atoms with Crippen LogP contribution in [0.2, 0.25) is 0 Å². The lowest BCUT2D eigenvalue weighted by Gasteiger charge is -2.14. The van der Waals surface area contributed by atoms with Crippen molar-refractivity contribution < 1.29 is 4.42 Å². The van der Waals surface area contributed by atoms with Gasteiger partial charge in [-0.3, -0.25) is 0 Å². The Morgan fingerprint density at radius 1 is 1.16 bits per heavy atom. The van der Waals surface area contributed by atoms with Gasteiger partial charge in [-0.2, -0.15) is 0 Å². The average Bonchev–Trinajstić information content (AvgIpc) is 2.83. The molecule has 1 unspecified atom stereocenters. The van der Waals surface area contributed by atoms with Crippen molar-refractivity contribution in [1.29, 1.82) is 0 Å². The molecule has 1 N–H and O–H groups in total. The number of furan rings is 1. The van der Waals surface area contributed by atoms with Crippen molar-refractivity contribution in [3.63, 3.8) is 0 Å². The first-order chi connectivity index (χ1) is 9.06. The highest BCUT2D eigenvalue weighted by Crippen LogP contribution is 2.20. The molecule has 102 valence electrons. The van der Waals surface area contributed by atoms with Crippen molar-refractivity contribution >= 4 is 21.6 Å². The molecule has 0 amide bonds. The maximum Gasteiger partial charge on any atom is 0.169 e. The molecule has 19 heavy (non-hydrogen) atoms. The van der Waals surface area contributed by atoms with E-state index in [2.05, 4.69) is 57.3 Å². The molecule has 0 bridgehead atoms. The second-order valence-corrected chi connectivity index (χ2v) is 5.59. The summed E-state index contributed by atoms with van der Waals surface area (Å²) in [7, 11) is 4.09. The molecule has 1 aromatic carbocycles. The predicted molar refractivity (Wildman–Crippen MR) is 82.4 cm³/mol. The molecule has 3 nitrogen and oxygen atoms in total. The van der Waals surface area contributed by atoms with Gasteiger partial charge in [0, 0.05) is 26.3 Å². The van der Waals surface area contributed by atoms with E-state index in [1.807, 2.05) is 26.2 Å². The minimum absolute atomic E-state index is 0.194. The third-order valence-electron chi connectivity index (χ3n) is 3.09. The SMILES string of the molecule is CC(NCc1ccc(N(C)C)cc1)c1ccc(Br)o1. The number of rotatable bonds is 5. The van der Waals surface area contributed by atoms with E-state index in [-0.39, 0.29) is 6.04 Å². The third-order valence-corrected chi connectivity index (χ3v) is 3.51. The summed E-state index contributed by atoms with van der Waals surface area (Å²) in [5.74, 6) is 0.941. The highest BCUT2D eigenvalue weighted by atomic mass is 79.9. The van der Waals surface area contributed by atoms with Crippen molar-refractivity contribution in [1.82, 2.24) is 5.32 Å². The Balaban J connectivity index is 1.91. The minimum Gasteiger partial charge on any atom is -0.453 e. The summed E-state index contributed by atoms with van der Waals surface area (Å²) < 4.78 is 6.30. The quantitative estimate of drug-likeness (QED) is 0.903. The Kier molecular flexibility index (Phi) is 4.66. The van der Waals surface area contributed by atoms with Gasteiger partial charge in [-0.15, -0.1) is 0 Å². The lowest BCUT2D eigenvalue weighted by molar-refractivity contribution is 0.418. The summed E-state index contributed by atoms with van der Waals surface area (Å²) in [6.07, 6.45) is 0. The molecule has 0 aliphatic heterocycles. The number of hydrogen-bond donors (Lipinski definition) is 1. The van der Waals surface area contributed by atoms with Crippen LogP contribution in [0.1, 0.15) is 24.3 Å². The normalized spacial score (nSPS) is 12.4. The summed E-state index contributed by atoms with van der Waals surface area (Å²) in [5, 5.41) is 3.45. The second-order valence-electron chi connectivity index (χ2n) is 4.81. The highest BCUT2D eigenvalue weighted by molar-refractivity contribution is 9.10. The molecular formula is C15H19BrN2O. The molecule has 0 saturated carbocycles. The Labute approximate surface area is 122 Å². The summed E-state index contributed by atoms with van der Waals surface area (Å²) in [5.41, 5.74) is 2.48. The smallest absolute Gasteiger partial charge is 0.169 e. The zero-order chi connectivity index (χ0) is 13.8. The van der Waals surface area contributed by atoms with E-state index in [4.69, 9.17) is 4.42 Å². The first-order valence-corrected chi connectivity index (χ1v) is 7.10. The van der Waals surface area contributed by atoms with Crippen LogP contribution >= 0.6 is 15.9 Å². The molecule has 2 rings (SSSR count). The number of halogens is 1. The first-order valence-electron chi connectivity index (χ1n) is 6.31. The van der Waals surface area contributed by atoms with Crippen LogP contribution < -0.4 is 10.2 Å². The standard InChI is InChI=1S/C15H19BrN2O/c1-11(14-8-9-15(16)19-14)17-10-12-4-6-13(7-5-12)18(2)3/h4-9,11,17H,10H2,1-3H3. The number of anilines is 1.